The number of aromatic nitrogens is 2. The van der Waals surface area contributed by atoms with Gasteiger partial charge >= 0.3 is 0 Å². The molecular formula is C22H27FN4O2. The molecule has 0 atom stereocenters. The van der Waals surface area contributed by atoms with Crippen molar-refractivity contribution in [1.29, 1.82) is 0 Å². The molecule has 2 aromatic rings. The summed E-state index contributed by atoms with van der Waals surface area (Å²) in [6.45, 7) is 6.98. The van der Waals surface area contributed by atoms with E-state index in [0.717, 1.165) is 47.9 Å². The van der Waals surface area contributed by atoms with Crippen LogP contribution in [0.1, 0.15) is 30.7 Å². The number of anilines is 1. The van der Waals surface area contributed by atoms with Gasteiger partial charge in [0.2, 0.25) is 5.91 Å². The standard InChI is InChI=1S/C22H27FN4O2/c1-15-20(16(2)25-14-24-15)18-12-17(26-21(28)22(13-23)6-7-22)4-5-19(18)29-11-10-27-8-3-9-27/h4-5,12,14H,3,6-11,13H2,1-2H3,(H,26,28). The molecule has 29 heavy (non-hydrogen) atoms. The van der Waals surface area contributed by atoms with Crippen molar-refractivity contribution < 1.29 is 13.9 Å². The fraction of sp³-hybridized carbons (Fsp3) is 0.500. The van der Waals surface area contributed by atoms with Crippen LogP contribution in [0, 0.1) is 19.3 Å². The number of likely N-dealkylation sites (tertiary alicyclic amines) is 1. The van der Waals surface area contributed by atoms with Gasteiger partial charge in [-0.25, -0.2) is 14.4 Å². The molecule has 1 aromatic carbocycles. The molecule has 7 heteroatoms. The Labute approximate surface area is 170 Å². The zero-order chi connectivity index (χ0) is 20.4. The lowest BCUT2D eigenvalue weighted by Gasteiger charge is -2.30. The van der Waals surface area contributed by atoms with Gasteiger partial charge in [-0.05, 0) is 64.4 Å². The van der Waals surface area contributed by atoms with Crippen LogP contribution in [0.3, 0.4) is 0 Å². The number of ether oxygens (including phenoxy) is 1. The fourth-order valence-electron chi connectivity index (χ4n) is 3.64. The highest BCUT2D eigenvalue weighted by Gasteiger charge is 2.50. The van der Waals surface area contributed by atoms with Gasteiger partial charge in [-0.2, -0.15) is 0 Å². The van der Waals surface area contributed by atoms with Crippen LogP contribution in [0.2, 0.25) is 0 Å². The van der Waals surface area contributed by atoms with Crippen molar-refractivity contribution in [1.82, 2.24) is 14.9 Å². The maximum absolute atomic E-state index is 13.2. The first-order valence-corrected chi connectivity index (χ1v) is 10.2. The lowest BCUT2D eigenvalue weighted by Crippen LogP contribution is -2.39. The SMILES string of the molecule is Cc1ncnc(C)c1-c1cc(NC(=O)C2(CF)CC2)ccc1OCCN1CCC1. The number of alkyl halides is 1. The number of hydrogen-bond acceptors (Lipinski definition) is 5. The van der Waals surface area contributed by atoms with E-state index >= 15 is 0 Å². The Morgan fingerprint density at radius 1 is 1.24 bits per heavy atom. The number of nitrogens with one attached hydrogen (secondary N) is 1. The van der Waals surface area contributed by atoms with Crippen LogP contribution >= 0.6 is 0 Å². The molecule has 1 N–H and O–H groups in total. The molecule has 1 aromatic heterocycles. The Balaban J connectivity index is 1.61. The molecular weight excluding hydrogens is 371 g/mol. The summed E-state index contributed by atoms with van der Waals surface area (Å²) in [6.07, 6.45) is 4.00. The number of hydrogen-bond donors (Lipinski definition) is 1. The van der Waals surface area contributed by atoms with Crippen LogP contribution in [0.15, 0.2) is 24.5 Å². The third-order valence-electron chi connectivity index (χ3n) is 5.94. The molecule has 0 spiro atoms. The number of rotatable bonds is 8. The molecule has 2 heterocycles. The van der Waals surface area contributed by atoms with Crippen molar-refractivity contribution in [2.24, 2.45) is 5.41 Å². The van der Waals surface area contributed by atoms with E-state index in [1.165, 1.54) is 6.42 Å². The van der Waals surface area contributed by atoms with Crippen molar-refractivity contribution >= 4 is 11.6 Å². The summed E-state index contributed by atoms with van der Waals surface area (Å²) < 4.78 is 19.3. The van der Waals surface area contributed by atoms with Gasteiger partial charge in [0.25, 0.3) is 0 Å². The predicted molar refractivity (Wildman–Crippen MR) is 110 cm³/mol. The van der Waals surface area contributed by atoms with Gasteiger partial charge in [0.1, 0.15) is 25.4 Å². The van der Waals surface area contributed by atoms with Crippen molar-refractivity contribution in [3.63, 3.8) is 0 Å². The highest BCUT2D eigenvalue weighted by atomic mass is 19.1. The van der Waals surface area contributed by atoms with Crippen molar-refractivity contribution in [2.45, 2.75) is 33.1 Å². The quantitative estimate of drug-likeness (QED) is 0.737. The van der Waals surface area contributed by atoms with E-state index in [1.54, 1.807) is 6.33 Å². The molecule has 6 nitrogen and oxygen atoms in total. The smallest absolute Gasteiger partial charge is 0.233 e. The van der Waals surface area contributed by atoms with E-state index < -0.39 is 12.1 Å². The molecule has 0 unspecified atom stereocenters. The number of benzene rings is 1. The first kappa shape index (κ1) is 19.8. The maximum Gasteiger partial charge on any atom is 0.233 e. The third kappa shape index (κ3) is 4.10. The van der Waals surface area contributed by atoms with Gasteiger partial charge in [0.05, 0.1) is 5.41 Å². The van der Waals surface area contributed by atoms with Crippen LogP contribution in [-0.4, -0.2) is 53.7 Å². The molecule has 1 aliphatic carbocycles. The van der Waals surface area contributed by atoms with Gasteiger partial charge in [0, 0.05) is 34.7 Å². The average Bonchev–Trinajstić information content (AvgIpc) is 3.46. The lowest BCUT2D eigenvalue weighted by atomic mass is 10.0. The summed E-state index contributed by atoms with van der Waals surface area (Å²) in [5, 5.41) is 2.88. The van der Waals surface area contributed by atoms with E-state index in [-0.39, 0.29) is 5.91 Å². The summed E-state index contributed by atoms with van der Waals surface area (Å²) in [5.41, 5.74) is 3.21. The Bertz CT molecular complexity index is 889. The minimum atomic E-state index is -0.839. The molecule has 2 aliphatic rings. The number of nitrogens with zero attached hydrogens (tertiary/aromatic N) is 3. The fourth-order valence-corrected chi connectivity index (χ4v) is 3.64. The number of amides is 1. The first-order chi connectivity index (χ1) is 14.0. The summed E-state index contributed by atoms with van der Waals surface area (Å²) in [7, 11) is 0. The van der Waals surface area contributed by atoms with Crippen LogP contribution < -0.4 is 10.1 Å². The second-order valence-corrected chi connectivity index (χ2v) is 8.04. The Hall–Kier alpha value is -2.54. The number of carbonyl (C=O) groups is 1. The average molecular weight is 398 g/mol. The molecule has 1 saturated heterocycles. The van der Waals surface area contributed by atoms with E-state index in [1.807, 2.05) is 32.0 Å². The zero-order valence-electron chi connectivity index (χ0n) is 17.0. The highest BCUT2D eigenvalue weighted by molar-refractivity contribution is 5.98. The van der Waals surface area contributed by atoms with E-state index in [4.69, 9.17) is 4.74 Å². The Morgan fingerprint density at radius 2 is 1.97 bits per heavy atom. The van der Waals surface area contributed by atoms with Gasteiger partial charge in [-0.1, -0.05) is 0 Å². The van der Waals surface area contributed by atoms with Crippen LogP contribution in [0.4, 0.5) is 10.1 Å². The Morgan fingerprint density at radius 3 is 2.55 bits per heavy atom. The van der Waals surface area contributed by atoms with Crippen LogP contribution in [-0.2, 0) is 4.79 Å². The van der Waals surface area contributed by atoms with Crippen molar-refractivity contribution in [2.75, 3.05) is 38.2 Å². The van der Waals surface area contributed by atoms with E-state index in [0.29, 0.717) is 25.1 Å². The molecule has 1 aliphatic heterocycles. The minimum absolute atomic E-state index is 0.254. The molecule has 1 amide bonds. The predicted octanol–water partition coefficient (Wildman–Crippen LogP) is 3.53. The summed E-state index contributed by atoms with van der Waals surface area (Å²) >= 11 is 0. The second-order valence-electron chi connectivity index (χ2n) is 8.04. The summed E-state index contributed by atoms with van der Waals surface area (Å²) in [6, 6.07) is 5.55. The second kappa shape index (κ2) is 8.06. The number of carbonyl (C=O) groups excluding carboxylic acids is 1. The molecule has 0 bridgehead atoms. The lowest BCUT2D eigenvalue weighted by molar-refractivity contribution is -0.121. The molecule has 0 radical (unpaired) electrons. The molecule has 154 valence electrons. The van der Waals surface area contributed by atoms with Gasteiger partial charge in [-0.15, -0.1) is 0 Å². The summed E-state index contributed by atoms with van der Waals surface area (Å²) in [4.78, 5) is 23.5. The maximum atomic E-state index is 13.2. The van der Waals surface area contributed by atoms with Crippen LogP contribution in [0.5, 0.6) is 5.75 Å². The van der Waals surface area contributed by atoms with Crippen molar-refractivity contribution in [3.05, 3.63) is 35.9 Å². The Kier molecular flexibility index (Phi) is 5.50. The number of halogens is 1. The van der Waals surface area contributed by atoms with Gasteiger partial charge in [0.15, 0.2) is 0 Å². The molecule has 4 rings (SSSR count). The van der Waals surface area contributed by atoms with E-state index in [2.05, 4.69) is 20.2 Å². The van der Waals surface area contributed by atoms with Gasteiger partial charge in [-0.3, -0.25) is 9.69 Å². The van der Waals surface area contributed by atoms with Crippen LogP contribution in [0.25, 0.3) is 11.1 Å². The molecule has 1 saturated carbocycles. The van der Waals surface area contributed by atoms with E-state index in [9.17, 15) is 9.18 Å². The first-order valence-electron chi connectivity index (χ1n) is 10.2. The molecule has 2 fully saturated rings. The number of aryl methyl sites for hydroxylation is 2. The monoisotopic (exact) mass is 398 g/mol. The summed E-state index contributed by atoms with van der Waals surface area (Å²) in [5.74, 6) is 0.478. The van der Waals surface area contributed by atoms with Crippen molar-refractivity contribution in [3.8, 4) is 16.9 Å². The largest absolute Gasteiger partial charge is 0.492 e. The minimum Gasteiger partial charge on any atom is -0.492 e. The van der Waals surface area contributed by atoms with Gasteiger partial charge < -0.3 is 10.1 Å². The zero-order valence-corrected chi connectivity index (χ0v) is 17.0. The third-order valence-corrected chi connectivity index (χ3v) is 5.94. The topological polar surface area (TPSA) is 67.3 Å². The normalized spacial score (nSPS) is 17.5. The highest BCUT2D eigenvalue weighted by Crippen LogP contribution is 2.47.